The number of aromatic nitrogens is 1. The molecule has 1 fully saturated rings. The number of amides is 1. The van der Waals surface area contributed by atoms with E-state index in [0.29, 0.717) is 23.8 Å². The summed E-state index contributed by atoms with van der Waals surface area (Å²) in [5.74, 6) is -0.0946. The molecule has 0 aliphatic carbocycles. The molecule has 1 aliphatic heterocycles. The summed E-state index contributed by atoms with van der Waals surface area (Å²) in [6, 6.07) is 12.2. The molecule has 4 rings (SSSR count). The maximum atomic E-state index is 12.8. The Bertz CT molecular complexity index is 1200. The first kappa shape index (κ1) is 21.7. The first-order valence-corrected chi connectivity index (χ1v) is 12.4. The molecule has 3 aromatic rings. The van der Waals surface area contributed by atoms with Gasteiger partial charge in [0.2, 0.25) is 10.0 Å². The Labute approximate surface area is 186 Å². The second-order valence-electron chi connectivity index (χ2n) is 7.82. The molecule has 0 bridgehead atoms. The number of piperidine rings is 1. The maximum absolute atomic E-state index is 12.8. The Morgan fingerprint density at radius 3 is 2.42 bits per heavy atom. The zero-order valence-corrected chi connectivity index (χ0v) is 19.4. The number of sulfonamides is 1. The minimum absolute atomic E-state index is 0.0255. The van der Waals surface area contributed by atoms with Crippen molar-refractivity contribution in [3.05, 3.63) is 53.6 Å². The van der Waals surface area contributed by atoms with Crippen LogP contribution in [0.1, 0.15) is 28.8 Å². The second-order valence-corrected chi connectivity index (χ2v) is 11.0. The van der Waals surface area contributed by atoms with E-state index < -0.39 is 10.0 Å². The van der Waals surface area contributed by atoms with E-state index in [9.17, 15) is 13.2 Å². The molecule has 0 atom stereocenters. The summed E-state index contributed by atoms with van der Waals surface area (Å²) in [5, 5.41) is 0.673. The van der Waals surface area contributed by atoms with Crippen molar-refractivity contribution in [1.82, 2.24) is 14.2 Å². The molecule has 9 heteroatoms. The molecule has 1 saturated heterocycles. The van der Waals surface area contributed by atoms with Crippen LogP contribution in [0.4, 0.5) is 0 Å². The van der Waals surface area contributed by atoms with Gasteiger partial charge in [-0.15, -0.1) is 0 Å². The van der Waals surface area contributed by atoms with Crippen LogP contribution >= 0.6 is 11.3 Å². The third-order valence-corrected chi connectivity index (χ3v) is 8.22. The first-order chi connectivity index (χ1) is 14.8. The van der Waals surface area contributed by atoms with Gasteiger partial charge in [-0.25, -0.2) is 17.7 Å². The summed E-state index contributed by atoms with van der Waals surface area (Å²) in [4.78, 5) is 19.4. The number of hydrogen-bond donors (Lipinski definition) is 0. The number of para-hydroxylation sites is 1. The highest BCUT2D eigenvalue weighted by Gasteiger charge is 2.26. The van der Waals surface area contributed by atoms with Crippen LogP contribution in [0.3, 0.4) is 0 Å². The molecule has 164 valence electrons. The quantitative estimate of drug-likeness (QED) is 0.583. The fourth-order valence-electron chi connectivity index (χ4n) is 3.60. The molecular formula is C22H25N3O4S2. The highest BCUT2D eigenvalue weighted by atomic mass is 32.2. The molecule has 0 saturated carbocycles. The van der Waals surface area contributed by atoms with Crippen molar-refractivity contribution >= 4 is 37.5 Å². The van der Waals surface area contributed by atoms with Gasteiger partial charge < -0.3 is 9.64 Å². The predicted molar refractivity (Wildman–Crippen MR) is 121 cm³/mol. The minimum atomic E-state index is -3.51. The number of nitrogens with zero attached hydrogens (tertiary/aromatic N) is 3. The summed E-state index contributed by atoms with van der Waals surface area (Å²) in [6.07, 6.45) is 1.49. The molecule has 31 heavy (non-hydrogen) atoms. The number of carbonyl (C=O) groups is 1. The van der Waals surface area contributed by atoms with E-state index in [0.717, 1.165) is 32.9 Å². The van der Waals surface area contributed by atoms with E-state index in [1.807, 2.05) is 25.1 Å². The molecule has 1 aliphatic rings. The van der Waals surface area contributed by atoms with Crippen molar-refractivity contribution in [3.8, 4) is 5.19 Å². The molecule has 0 radical (unpaired) electrons. The van der Waals surface area contributed by atoms with Gasteiger partial charge in [-0.3, -0.25) is 4.79 Å². The lowest BCUT2D eigenvalue weighted by molar-refractivity contribution is 0.0595. The SMILES string of the molecule is Cc1cccc2sc(OC3CCN(C(=O)c4ccc(S(=O)(=O)N(C)C)cc4)CC3)nc12. The Kier molecular flexibility index (Phi) is 6.00. The third-order valence-electron chi connectivity index (χ3n) is 5.48. The largest absolute Gasteiger partial charge is 0.467 e. The Morgan fingerprint density at radius 2 is 1.81 bits per heavy atom. The highest BCUT2D eigenvalue weighted by Crippen LogP contribution is 2.31. The number of hydrogen-bond acceptors (Lipinski definition) is 6. The second kappa shape index (κ2) is 8.57. The van der Waals surface area contributed by atoms with Crippen molar-refractivity contribution in [3.63, 3.8) is 0 Å². The Balaban J connectivity index is 1.37. The van der Waals surface area contributed by atoms with Crippen LogP contribution in [-0.2, 0) is 10.0 Å². The highest BCUT2D eigenvalue weighted by molar-refractivity contribution is 7.89. The van der Waals surface area contributed by atoms with Gasteiger partial charge in [-0.05, 0) is 42.8 Å². The lowest BCUT2D eigenvalue weighted by Gasteiger charge is -2.31. The van der Waals surface area contributed by atoms with Gasteiger partial charge in [0.1, 0.15) is 6.10 Å². The van der Waals surface area contributed by atoms with E-state index in [1.54, 1.807) is 28.4 Å². The van der Waals surface area contributed by atoms with E-state index >= 15 is 0 Å². The molecule has 0 unspecified atom stereocenters. The average molecular weight is 460 g/mol. The number of rotatable bonds is 5. The standard InChI is InChI=1S/C22H25N3O4S2/c1-15-5-4-6-19-20(15)23-22(30-19)29-17-11-13-25(14-12-17)21(26)16-7-9-18(10-8-16)31(27,28)24(2)3/h4-10,17H,11-14H2,1-3H3. The fourth-order valence-corrected chi connectivity index (χ4v) is 5.46. The minimum Gasteiger partial charge on any atom is -0.467 e. The zero-order valence-electron chi connectivity index (χ0n) is 17.7. The molecule has 1 amide bonds. The maximum Gasteiger partial charge on any atom is 0.274 e. The van der Waals surface area contributed by atoms with E-state index in [1.165, 1.54) is 26.2 Å². The van der Waals surface area contributed by atoms with E-state index in [-0.39, 0.29) is 16.9 Å². The number of ether oxygens (including phenoxy) is 1. The van der Waals surface area contributed by atoms with Gasteiger partial charge in [0.05, 0.1) is 15.1 Å². The lowest BCUT2D eigenvalue weighted by Crippen LogP contribution is -2.41. The third kappa shape index (κ3) is 4.44. The first-order valence-electron chi connectivity index (χ1n) is 10.1. The number of fused-ring (bicyclic) bond motifs is 1. The van der Waals surface area contributed by atoms with Crippen LogP contribution in [0.5, 0.6) is 5.19 Å². The van der Waals surface area contributed by atoms with E-state index in [4.69, 9.17) is 4.74 Å². The molecule has 7 nitrogen and oxygen atoms in total. The topological polar surface area (TPSA) is 79.8 Å². The van der Waals surface area contributed by atoms with Gasteiger partial charge in [0.25, 0.3) is 11.1 Å². The van der Waals surface area contributed by atoms with E-state index in [2.05, 4.69) is 4.98 Å². The van der Waals surface area contributed by atoms with Crippen molar-refractivity contribution in [2.24, 2.45) is 0 Å². The summed E-state index contributed by atoms with van der Waals surface area (Å²) >= 11 is 1.55. The van der Waals surface area contributed by atoms with Crippen molar-refractivity contribution in [1.29, 1.82) is 0 Å². The van der Waals surface area contributed by atoms with Crippen LogP contribution in [0.2, 0.25) is 0 Å². The van der Waals surface area contributed by atoms with Crippen LogP contribution < -0.4 is 4.74 Å². The van der Waals surface area contributed by atoms with Crippen LogP contribution in [0, 0.1) is 6.92 Å². The van der Waals surface area contributed by atoms with Crippen LogP contribution in [-0.4, -0.2) is 61.8 Å². The summed E-state index contributed by atoms with van der Waals surface area (Å²) in [6.45, 7) is 3.22. The predicted octanol–water partition coefficient (Wildman–Crippen LogP) is 3.54. The summed E-state index contributed by atoms with van der Waals surface area (Å²) in [5.41, 5.74) is 2.60. The van der Waals surface area contributed by atoms with Crippen molar-refractivity contribution in [2.75, 3.05) is 27.2 Å². The smallest absolute Gasteiger partial charge is 0.274 e. The normalized spacial score (nSPS) is 15.5. The van der Waals surface area contributed by atoms with Gasteiger partial charge in [-0.2, -0.15) is 0 Å². The fraction of sp³-hybridized carbons (Fsp3) is 0.364. The summed E-state index contributed by atoms with van der Waals surface area (Å²) < 4.78 is 32.7. The van der Waals surface area contributed by atoms with Gasteiger partial charge in [0, 0.05) is 45.6 Å². The molecule has 0 spiro atoms. The number of aryl methyl sites for hydroxylation is 1. The Morgan fingerprint density at radius 1 is 1.13 bits per heavy atom. The van der Waals surface area contributed by atoms with Crippen LogP contribution in [0.25, 0.3) is 10.2 Å². The molecular weight excluding hydrogens is 434 g/mol. The van der Waals surface area contributed by atoms with Crippen molar-refractivity contribution in [2.45, 2.75) is 30.8 Å². The van der Waals surface area contributed by atoms with Crippen molar-refractivity contribution < 1.29 is 17.9 Å². The van der Waals surface area contributed by atoms with Gasteiger partial charge in [0.15, 0.2) is 0 Å². The average Bonchev–Trinajstić information content (AvgIpc) is 3.17. The zero-order chi connectivity index (χ0) is 22.2. The number of likely N-dealkylation sites (tertiary alicyclic amines) is 1. The van der Waals surface area contributed by atoms with Gasteiger partial charge in [-0.1, -0.05) is 23.5 Å². The molecule has 0 N–H and O–H groups in total. The molecule has 1 aromatic heterocycles. The Hall–Kier alpha value is -2.49. The molecule has 2 aromatic carbocycles. The van der Waals surface area contributed by atoms with Gasteiger partial charge >= 0.3 is 0 Å². The monoisotopic (exact) mass is 459 g/mol. The number of carbonyl (C=O) groups excluding carboxylic acids is 1. The number of benzene rings is 2. The summed E-state index contributed by atoms with van der Waals surface area (Å²) in [7, 11) is -0.542. The number of thiazole rings is 1. The lowest BCUT2D eigenvalue weighted by atomic mass is 10.1. The molecule has 2 heterocycles. The van der Waals surface area contributed by atoms with Crippen LogP contribution in [0.15, 0.2) is 47.4 Å².